The molecule has 0 aromatic rings. The maximum absolute atomic E-state index is 5.65. The van der Waals surface area contributed by atoms with E-state index >= 15 is 0 Å². The number of methoxy groups -OCH3 is 1. The van der Waals surface area contributed by atoms with E-state index in [0.29, 0.717) is 0 Å². The SMILES string of the molecule is COCCCCOCCN1CCCC(C)CC1. The lowest BCUT2D eigenvalue weighted by molar-refractivity contribution is 0.0955. The normalized spacial score (nSPS) is 22.6. The molecule has 1 unspecified atom stereocenters. The van der Waals surface area contributed by atoms with Gasteiger partial charge in [-0.2, -0.15) is 0 Å². The Hall–Kier alpha value is -0.120. The molecule has 0 saturated carbocycles. The fourth-order valence-electron chi connectivity index (χ4n) is 2.29. The van der Waals surface area contributed by atoms with E-state index < -0.39 is 0 Å². The Bertz CT molecular complexity index is 176. The summed E-state index contributed by atoms with van der Waals surface area (Å²) >= 11 is 0. The maximum atomic E-state index is 5.65. The Balaban J connectivity index is 1.91. The van der Waals surface area contributed by atoms with Crippen LogP contribution in [-0.4, -0.2) is 51.5 Å². The lowest BCUT2D eigenvalue weighted by Gasteiger charge is -2.19. The summed E-state index contributed by atoms with van der Waals surface area (Å²) in [6, 6.07) is 0. The van der Waals surface area contributed by atoms with Gasteiger partial charge in [-0.1, -0.05) is 6.92 Å². The highest BCUT2D eigenvalue weighted by molar-refractivity contribution is 4.67. The molecule has 3 heteroatoms. The second-order valence-electron chi connectivity index (χ2n) is 5.19. The van der Waals surface area contributed by atoms with Gasteiger partial charge in [0.15, 0.2) is 0 Å². The fourth-order valence-corrected chi connectivity index (χ4v) is 2.29. The first-order chi connectivity index (χ1) is 8.33. The summed E-state index contributed by atoms with van der Waals surface area (Å²) in [5.74, 6) is 0.912. The van der Waals surface area contributed by atoms with Crippen molar-refractivity contribution >= 4 is 0 Å². The molecule has 0 amide bonds. The molecule has 0 spiro atoms. The molecular weight excluding hydrogens is 214 g/mol. The molecule has 1 saturated heterocycles. The van der Waals surface area contributed by atoms with E-state index in [1.54, 1.807) is 7.11 Å². The van der Waals surface area contributed by atoms with Gasteiger partial charge in [0.05, 0.1) is 6.61 Å². The maximum Gasteiger partial charge on any atom is 0.0593 e. The molecule has 0 bridgehead atoms. The molecule has 0 N–H and O–H groups in total. The molecule has 0 aliphatic carbocycles. The van der Waals surface area contributed by atoms with Crippen LogP contribution in [0.1, 0.15) is 39.0 Å². The minimum Gasteiger partial charge on any atom is -0.385 e. The zero-order valence-electron chi connectivity index (χ0n) is 11.6. The lowest BCUT2D eigenvalue weighted by atomic mass is 10.0. The highest BCUT2D eigenvalue weighted by atomic mass is 16.5. The van der Waals surface area contributed by atoms with Crippen molar-refractivity contribution in [2.24, 2.45) is 5.92 Å². The number of nitrogens with zero attached hydrogens (tertiary/aromatic N) is 1. The minimum atomic E-state index is 0.855. The van der Waals surface area contributed by atoms with Gasteiger partial charge >= 0.3 is 0 Å². The van der Waals surface area contributed by atoms with Gasteiger partial charge in [-0.3, -0.25) is 0 Å². The quantitative estimate of drug-likeness (QED) is 0.612. The molecule has 102 valence electrons. The predicted octanol–water partition coefficient (Wildman–Crippen LogP) is 2.55. The molecule has 1 aliphatic heterocycles. The van der Waals surface area contributed by atoms with E-state index in [9.17, 15) is 0 Å². The standard InChI is InChI=1S/C14H29NO2/c1-14-6-5-8-15(9-7-14)10-13-17-12-4-3-11-16-2/h14H,3-13H2,1-2H3. The van der Waals surface area contributed by atoms with E-state index in [4.69, 9.17) is 9.47 Å². The van der Waals surface area contributed by atoms with E-state index in [1.165, 1.54) is 32.4 Å². The van der Waals surface area contributed by atoms with Crippen molar-refractivity contribution < 1.29 is 9.47 Å². The van der Waals surface area contributed by atoms with Gasteiger partial charge in [0.25, 0.3) is 0 Å². The number of likely N-dealkylation sites (tertiary alicyclic amines) is 1. The van der Waals surface area contributed by atoms with Crippen LogP contribution in [-0.2, 0) is 9.47 Å². The zero-order chi connectivity index (χ0) is 12.3. The Morgan fingerprint density at radius 3 is 2.71 bits per heavy atom. The van der Waals surface area contributed by atoms with Crippen LogP contribution in [0.5, 0.6) is 0 Å². The first-order valence-corrected chi connectivity index (χ1v) is 7.12. The zero-order valence-corrected chi connectivity index (χ0v) is 11.6. The van der Waals surface area contributed by atoms with Crippen LogP contribution in [0.15, 0.2) is 0 Å². The van der Waals surface area contributed by atoms with E-state index in [0.717, 1.165) is 45.1 Å². The first-order valence-electron chi connectivity index (χ1n) is 7.12. The van der Waals surface area contributed by atoms with E-state index in [2.05, 4.69) is 11.8 Å². The van der Waals surface area contributed by atoms with Gasteiger partial charge in [-0.05, 0) is 51.1 Å². The van der Waals surface area contributed by atoms with E-state index in [-0.39, 0.29) is 0 Å². The van der Waals surface area contributed by atoms with Crippen LogP contribution in [0.2, 0.25) is 0 Å². The first kappa shape index (κ1) is 14.9. The largest absolute Gasteiger partial charge is 0.385 e. The van der Waals surface area contributed by atoms with Crippen LogP contribution >= 0.6 is 0 Å². The number of rotatable bonds is 8. The summed E-state index contributed by atoms with van der Waals surface area (Å²) in [6.45, 7) is 8.63. The van der Waals surface area contributed by atoms with Crippen molar-refractivity contribution in [2.45, 2.75) is 39.0 Å². The Morgan fingerprint density at radius 2 is 1.88 bits per heavy atom. The number of hydrogen-bond donors (Lipinski definition) is 0. The van der Waals surface area contributed by atoms with Gasteiger partial charge in [0.2, 0.25) is 0 Å². The molecule has 3 nitrogen and oxygen atoms in total. The lowest BCUT2D eigenvalue weighted by Crippen LogP contribution is -2.28. The van der Waals surface area contributed by atoms with Crippen molar-refractivity contribution in [2.75, 3.05) is 46.6 Å². The molecule has 0 aromatic heterocycles. The minimum absolute atomic E-state index is 0.855. The third kappa shape index (κ3) is 7.74. The Labute approximate surface area is 106 Å². The Kier molecular flexibility index (Phi) is 8.67. The predicted molar refractivity (Wildman–Crippen MR) is 71.4 cm³/mol. The molecule has 1 rings (SSSR count). The third-order valence-electron chi connectivity index (χ3n) is 3.55. The Morgan fingerprint density at radius 1 is 1.06 bits per heavy atom. The van der Waals surface area contributed by atoms with Crippen LogP contribution < -0.4 is 0 Å². The van der Waals surface area contributed by atoms with Crippen molar-refractivity contribution in [1.82, 2.24) is 4.90 Å². The topological polar surface area (TPSA) is 21.7 Å². The van der Waals surface area contributed by atoms with Gasteiger partial charge in [0.1, 0.15) is 0 Å². The van der Waals surface area contributed by atoms with Crippen molar-refractivity contribution in [3.8, 4) is 0 Å². The van der Waals surface area contributed by atoms with Gasteiger partial charge in [-0.25, -0.2) is 0 Å². The monoisotopic (exact) mass is 243 g/mol. The fraction of sp³-hybridized carbons (Fsp3) is 1.00. The number of unbranched alkanes of at least 4 members (excludes halogenated alkanes) is 1. The number of ether oxygens (including phenoxy) is 2. The molecule has 1 fully saturated rings. The highest BCUT2D eigenvalue weighted by Crippen LogP contribution is 2.15. The van der Waals surface area contributed by atoms with Crippen LogP contribution in [0.4, 0.5) is 0 Å². The number of hydrogen-bond acceptors (Lipinski definition) is 3. The molecule has 0 radical (unpaired) electrons. The molecule has 1 heterocycles. The summed E-state index contributed by atoms with van der Waals surface area (Å²) in [5, 5.41) is 0. The molecule has 1 atom stereocenters. The molecule has 17 heavy (non-hydrogen) atoms. The van der Waals surface area contributed by atoms with Crippen LogP contribution in [0.3, 0.4) is 0 Å². The molecule has 1 aliphatic rings. The highest BCUT2D eigenvalue weighted by Gasteiger charge is 2.12. The molecular formula is C14H29NO2. The summed E-state index contributed by atoms with van der Waals surface area (Å²) in [7, 11) is 1.75. The molecule has 0 aromatic carbocycles. The van der Waals surface area contributed by atoms with Gasteiger partial charge in [-0.15, -0.1) is 0 Å². The summed E-state index contributed by atoms with van der Waals surface area (Å²) in [4.78, 5) is 2.55. The second-order valence-corrected chi connectivity index (χ2v) is 5.19. The summed E-state index contributed by atoms with van der Waals surface area (Å²) < 4.78 is 10.7. The van der Waals surface area contributed by atoms with Crippen molar-refractivity contribution in [3.63, 3.8) is 0 Å². The smallest absolute Gasteiger partial charge is 0.0593 e. The van der Waals surface area contributed by atoms with E-state index in [1.807, 2.05) is 0 Å². The van der Waals surface area contributed by atoms with Crippen LogP contribution in [0.25, 0.3) is 0 Å². The summed E-state index contributed by atoms with van der Waals surface area (Å²) in [6.07, 6.45) is 6.33. The van der Waals surface area contributed by atoms with Crippen LogP contribution in [0, 0.1) is 5.92 Å². The third-order valence-corrected chi connectivity index (χ3v) is 3.55. The average Bonchev–Trinajstić information content (AvgIpc) is 2.53. The summed E-state index contributed by atoms with van der Waals surface area (Å²) in [5.41, 5.74) is 0. The van der Waals surface area contributed by atoms with Gasteiger partial charge < -0.3 is 14.4 Å². The average molecular weight is 243 g/mol. The van der Waals surface area contributed by atoms with Crippen molar-refractivity contribution in [3.05, 3.63) is 0 Å². The van der Waals surface area contributed by atoms with Gasteiger partial charge in [0, 0.05) is 26.9 Å². The van der Waals surface area contributed by atoms with Crippen molar-refractivity contribution in [1.29, 1.82) is 0 Å². The second kappa shape index (κ2) is 9.86.